The minimum absolute atomic E-state index is 0.904. The van der Waals surface area contributed by atoms with Crippen molar-refractivity contribution >= 4 is 55.1 Å². The van der Waals surface area contributed by atoms with E-state index in [1.54, 1.807) is 0 Å². The average molecular weight is 425 g/mol. The summed E-state index contributed by atoms with van der Waals surface area (Å²) in [5, 5.41) is 8.37. The molecule has 2 heterocycles. The van der Waals surface area contributed by atoms with Crippen LogP contribution in [-0.4, -0.2) is 4.57 Å². The molecular weight excluding hydrogens is 404 g/mol. The lowest BCUT2D eigenvalue weighted by molar-refractivity contribution is 0.669. The van der Waals surface area contributed by atoms with Crippen LogP contribution >= 0.6 is 0 Å². The van der Waals surface area contributed by atoms with Gasteiger partial charge in [0.15, 0.2) is 0 Å². The van der Waals surface area contributed by atoms with Crippen LogP contribution in [0, 0.1) is 0 Å². The quantitative estimate of drug-likeness (QED) is 0.308. The molecule has 0 aliphatic heterocycles. The van der Waals surface area contributed by atoms with E-state index in [4.69, 9.17) is 4.42 Å². The Labute approximate surface area is 190 Å². The molecule has 2 aromatic heterocycles. The number of hydrogen-bond acceptors (Lipinski definition) is 2. The zero-order valence-electron chi connectivity index (χ0n) is 17.8. The molecule has 0 unspecified atom stereocenters. The van der Waals surface area contributed by atoms with Gasteiger partial charge in [-0.2, -0.15) is 0 Å². The van der Waals surface area contributed by atoms with Crippen molar-refractivity contribution < 1.29 is 4.42 Å². The van der Waals surface area contributed by atoms with E-state index in [1.807, 2.05) is 24.3 Å². The van der Waals surface area contributed by atoms with Gasteiger partial charge in [0, 0.05) is 38.6 Å². The number of hydrogen-bond donors (Lipinski definition) is 1. The summed E-state index contributed by atoms with van der Waals surface area (Å²) < 4.78 is 8.32. The standard InChI is InChI=1S/C30H20N2O/c1-2-8-22(9-3-1)32-27-12-6-4-10-23(27)24-16-14-21(19-28(24)32)31-20-15-17-30-26(18-20)25-11-5-7-13-29(25)33-30/h1-19,31H. The Bertz CT molecular complexity index is 1790. The summed E-state index contributed by atoms with van der Waals surface area (Å²) in [5.74, 6) is 0. The van der Waals surface area contributed by atoms with Crippen LogP contribution in [0.2, 0.25) is 0 Å². The number of fused-ring (bicyclic) bond motifs is 6. The summed E-state index contributed by atoms with van der Waals surface area (Å²) in [4.78, 5) is 0. The first-order valence-corrected chi connectivity index (χ1v) is 11.1. The molecule has 0 amide bonds. The highest BCUT2D eigenvalue weighted by molar-refractivity contribution is 6.10. The first-order valence-electron chi connectivity index (χ1n) is 11.1. The zero-order valence-corrected chi connectivity index (χ0v) is 17.8. The predicted octanol–water partition coefficient (Wildman–Crippen LogP) is 8.43. The summed E-state index contributed by atoms with van der Waals surface area (Å²) in [6.07, 6.45) is 0. The fraction of sp³-hybridized carbons (Fsp3) is 0. The van der Waals surface area contributed by atoms with Crippen molar-refractivity contribution in [2.24, 2.45) is 0 Å². The molecule has 1 N–H and O–H groups in total. The SMILES string of the molecule is c1ccc(-n2c3ccccc3c3ccc(Nc4ccc5oc6ccccc6c5c4)cc32)cc1. The van der Waals surface area contributed by atoms with Crippen molar-refractivity contribution in [3.63, 3.8) is 0 Å². The monoisotopic (exact) mass is 424 g/mol. The molecule has 5 aromatic carbocycles. The van der Waals surface area contributed by atoms with Crippen LogP contribution in [-0.2, 0) is 0 Å². The van der Waals surface area contributed by atoms with Gasteiger partial charge in [0.25, 0.3) is 0 Å². The summed E-state index contributed by atoms with van der Waals surface area (Å²) in [6.45, 7) is 0. The second-order valence-corrected chi connectivity index (χ2v) is 8.35. The molecule has 0 saturated carbocycles. The third-order valence-corrected chi connectivity index (χ3v) is 6.35. The Kier molecular flexibility index (Phi) is 3.84. The molecule has 0 saturated heterocycles. The summed E-state index contributed by atoms with van der Waals surface area (Å²) in [7, 11) is 0. The van der Waals surface area contributed by atoms with E-state index in [2.05, 4.69) is 101 Å². The predicted molar refractivity (Wildman–Crippen MR) is 138 cm³/mol. The molecule has 156 valence electrons. The highest BCUT2D eigenvalue weighted by Crippen LogP contribution is 2.35. The highest BCUT2D eigenvalue weighted by atomic mass is 16.3. The van der Waals surface area contributed by atoms with E-state index < -0.39 is 0 Å². The molecule has 3 nitrogen and oxygen atoms in total. The minimum Gasteiger partial charge on any atom is -0.456 e. The van der Waals surface area contributed by atoms with Gasteiger partial charge in [0.2, 0.25) is 0 Å². The number of anilines is 2. The number of furan rings is 1. The van der Waals surface area contributed by atoms with Gasteiger partial charge < -0.3 is 14.3 Å². The van der Waals surface area contributed by atoms with Crippen LogP contribution in [0.1, 0.15) is 0 Å². The van der Waals surface area contributed by atoms with E-state index in [9.17, 15) is 0 Å². The molecule has 7 rings (SSSR count). The largest absolute Gasteiger partial charge is 0.456 e. The van der Waals surface area contributed by atoms with Gasteiger partial charge in [-0.25, -0.2) is 0 Å². The lowest BCUT2D eigenvalue weighted by Crippen LogP contribution is -1.94. The van der Waals surface area contributed by atoms with Crippen LogP contribution < -0.4 is 5.32 Å². The first kappa shape index (κ1) is 18.1. The molecule has 0 aliphatic rings. The van der Waals surface area contributed by atoms with Gasteiger partial charge >= 0.3 is 0 Å². The molecule has 0 aliphatic carbocycles. The van der Waals surface area contributed by atoms with E-state index in [0.717, 1.165) is 39.0 Å². The summed E-state index contributed by atoms with van der Waals surface area (Å²) in [5.41, 5.74) is 7.46. The van der Waals surface area contributed by atoms with E-state index in [0.29, 0.717) is 0 Å². The van der Waals surface area contributed by atoms with Gasteiger partial charge in [-0.3, -0.25) is 0 Å². The fourth-order valence-corrected chi connectivity index (χ4v) is 4.87. The number of benzene rings is 5. The number of aromatic nitrogens is 1. The minimum atomic E-state index is 0.904. The molecule has 0 radical (unpaired) electrons. The topological polar surface area (TPSA) is 30.1 Å². The second-order valence-electron chi connectivity index (χ2n) is 8.35. The number of nitrogens with one attached hydrogen (secondary N) is 1. The zero-order chi connectivity index (χ0) is 21.8. The molecule has 0 bridgehead atoms. The Balaban J connectivity index is 1.38. The maximum atomic E-state index is 5.98. The Morgan fingerprint density at radius 2 is 1.15 bits per heavy atom. The van der Waals surface area contributed by atoms with Crippen LogP contribution in [0.25, 0.3) is 49.4 Å². The third-order valence-electron chi connectivity index (χ3n) is 6.35. The molecule has 0 fully saturated rings. The van der Waals surface area contributed by atoms with Gasteiger partial charge in [0.05, 0.1) is 11.0 Å². The van der Waals surface area contributed by atoms with Crippen molar-refractivity contribution in [1.29, 1.82) is 0 Å². The van der Waals surface area contributed by atoms with E-state index >= 15 is 0 Å². The highest BCUT2D eigenvalue weighted by Gasteiger charge is 2.13. The van der Waals surface area contributed by atoms with Crippen LogP contribution in [0.15, 0.2) is 120 Å². The summed E-state index contributed by atoms with van der Waals surface area (Å²) >= 11 is 0. The van der Waals surface area contributed by atoms with Gasteiger partial charge in [-0.1, -0.05) is 60.7 Å². The second kappa shape index (κ2) is 7.01. The smallest absolute Gasteiger partial charge is 0.135 e. The Morgan fingerprint density at radius 1 is 0.485 bits per heavy atom. The van der Waals surface area contributed by atoms with Crippen LogP contribution in [0.3, 0.4) is 0 Å². The normalized spacial score (nSPS) is 11.6. The van der Waals surface area contributed by atoms with E-state index in [-0.39, 0.29) is 0 Å². The lowest BCUT2D eigenvalue weighted by atomic mass is 10.1. The van der Waals surface area contributed by atoms with Crippen molar-refractivity contribution in [3.05, 3.63) is 115 Å². The van der Waals surface area contributed by atoms with Crippen molar-refractivity contribution in [2.75, 3.05) is 5.32 Å². The maximum absolute atomic E-state index is 5.98. The van der Waals surface area contributed by atoms with Crippen molar-refractivity contribution in [1.82, 2.24) is 4.57 Å². The molecule has 7 aromatic rings. The molecule has 0 atom stereocenters. The average Bonchev–Trinajstić information content (AvgIpc) is 3.40. The summed E-state index contributed by atoms with van der Waals surface area (Å²) in [6, 6.07) is 40.2. The van der Waals surface area contributed by atoms with Crippen molar-refractivity contribution in [2.45, 2.75) is 0 Å². The third kappa shape index (κ3) is 2.83. The van der Waals surface area contributed by atoms with Gasteiger partial charge in [0.1, 0.15) is 11.2 Å². The van der Waals surface area contributed by atoms with Crippen molar-refractivity contribution in [3.8, 4) is 5.69 Å². The Morgan fingerprint density at radius 3 is 2.06 bits per heavy atom. The molecule has 3 heteroatoms. The maximum Gasteiger partial charge on any atom is 0.135 e. The number of rotatable bonds is 3. The van der Waals surface area contributed by atoms with Crippen LogP contribution in [0.4, 0.5) is 11.4 Å². The molecular formula is C30H20N2O. The van der Waals surface area contributed by atoms with Gasteiger partial charge in [-0.05, 0) is 54.6 Å². The fourth-order valence-electron chi connectivity index (χ4n) is 4.87. The number of para-hydroxylation sites is 3. The first-order chi connectivity index (χ1) is 16.3. The van der Waals surface area contributed by atoms with E-state index in [1.165, 1.54) is 21.8 Å². The number of nitrogens with zero attached hydrogens (tertiary/aromatic N) is 1. The van der Waals surface area contributed by atoms with Crippen LogP contribution in [0.5, 0.6) is 0 Å². The van der Waals surface area contributed by atoms with Gasteiger partial charge in [-0.15, -0.1) is 0 Å². The lowest BCUT2D eigenvalue weighted by Gasteiger charge is -2.10. The Hall–Kier alpha value is -4.50. The molecule has 0 spiro atoms. The molecule has 33 heavy (non-hydrogen) atoms.